The Kier molecular flexibility index (Phi) is 5.88. The topological polar surface area (TPSA) is 32.8 Å². The summed E-state index contributed by atoms with van der Waals surface area (Å²) in [6.07, 6.45) is 5.93. The van der Waals surface area contributed by atoms with Gasteiger partial charge in [-0.25, -0.2) is 0 Å². The second kappa shape index (κ2) is 8.38. The molecule has 1 aromatic carbocycles. The average molecular weight is 383 g/mol. The van der Waals surface area contributed by atoms with Crippen LogP contribution in [0.3, 0.4) is 0 Å². The minimum atomic E-state index is 0.169. The minimum Gasteiger partial charge on any atom is -0.379 e. The molecule has 2 atom stereocenters. The molecule has 152 valence electrons. The first-order valence-electron chi connectivity index (χ1n) is 10.9. The van der Waals surface area contributed by atoms with Crippen LogP contribution in [0.1, 0.15) is 43.5 Å². The molecule has 4 heteroatoms. The lowest BCUT2D eigenvalue weighted by molar-refractivity contribution is -0.0104. The van der Waals surface area contributed by atoms with Crippen molar-refractivity contribution < 1.29 is 9.53 Å². The van der Waals surface area contributed by atoms with Crippen molar-refractivity contribution in [3.63, 3.8) is 0 Å². The van der Waals surface area contributed by atoms with Crippen molar-refractivity contribution in [2.24, 2.45) is 17.3 Å². The Labute approximate surface area is 169 Å². The van der Waals surface area contributed by atoms with Gasteiger partial charge < -0.3 is 9.64 Å². The van der Waals surface area contributed by atoms with E-state index in [0.29, 0.717) is 11.3 Å². The van der Waals surface area contributed by atoms with Crippen LogP contribution in [0, 0.1) is 17.3 Å². The summed E-state index contributed by atoms with van der Waals surface area (Å²) in [5.41, 5.74) is 2.69. The Morgan fingerprint density at radius 2 is 1.96 bits per heavy atom. The predicted molar refractivity (Wildman–Crippen MR) is 112 cm³/mol. The molecule has 4 aliphatic rings. The maximum absolute atomic E-state index is 13.2. The number of carbonyl (C=O) groups is 1. The zero-order chi connectivity index (χ0) is 19.6. The number of ether oxygens (including phenoxy) is 1. The molecule has 1 aromatic rings. The van der Waals surface area contributed by atoms with Crippen molar-refractivity contribution in [2.45, 2.75) is 33.1 Å². The van der Waals surface area contributed by atoms with Gasteiger partial charge in [0.15, 0.2) is 0 Å². The average Bonchev–Trinajstić information content (AvgIpc) is 2.74. The zero-order valence-corrected chi connectivity index (χ0v) is 17.4. The lowest BCUT2D eigenvalue weighted by atomic mass is 9.49. The summed E-state index contributed by atoms with van der Waals surface area (Å²) in [6.45, 7) is 11.1. The van der Waals surface area contributed by atoms with E-state index < -0.39 is 0 Å². The third-order valence-corrected chi connectivity index (χ3v) is 7.27. The van der Waals surface area contributed by atoms with Gasteiger partial charge in [0.1, 0.15) is 0 Å². The number of fused-ring (bicyclic) bond motifs is 1. The first-order chi connectivity index (χ1) is 13.6. The van der Waals surface area contributed by atoms with Gasteiger partial charge in [0.05, 0.1) is 13.2 Å². The molecule has 0 N–H and O–H groups in total. The lowest BCUT2D eigenvalue weighted by Gasteiger charge is -2.57. The van der Waals surface area contributed by atoms with E-state index in [1.807, 2.05) is 30.3 Å². The van der Waals surface area contributed by atoms with E-state index in [9.17, 15) is 4.79 Å². The summed E-state index contributed by atoms with van der Waals surface area (Å²) in [7, 11) is 0. The van der Waals surface area contributed by atoms with E-state index in [0.717, 1.165) is 63.8 Å². The molecule has 1 saturated carbocycles. The van der Waals surface area contributed by atoms with Gasteiger partial charge >= 0.3 is 0 Å². The minimum absolute atomic E-state index is 0.169. The van der Waals surface area contributed by atoms with E-state index in [1.54, 1.807) is 0 Å². The summed E-state index contributed by atoms with van der Waals surface area (Å²) in [4.78, 5) is 17.8. The molecule has 0 aromatic heterocycles. The molecule has 2 bridgehead atoms. The van der Waals surface area contributed by atoms with Gasteiger partial charge in [-0.3, -0.25) is 9.69 Å². The standard InChI is InChI=1S/C24H34N2O2/c1-24(2)21-10-9-20(22(24)17-21)18-26(23(27)19-7-4-3-5-8-19)12-6-11-25-13-15-28-16-14-25/h3-5,7-9,21-22H,6,10-18H2,1-2H3. The lowest BCUT2D eigenvalue weighted by Crippen LogP contribution is -2.50. The third kappa shape index (κ3) is 4.04. The number of rotatable bonds is 7. The third-order valence-electron chi connectivity index (χ3n) is 7.27. The normalized spacial score (nSPS) is 26.3. The number of morpholine rings is 1. The van der Waals surface area contributed by atoms with Gasteiger partial charge in [0.25, 0.3) is 5.91 Å². The summed E-state index contributed by atoms with van der Waals surface area (Å²) < 4.78 is 5.45. The maximum Gasteiger partial charge on any atom is 0.254 e. The quantitative estimate of drug-likeness (QED) is 0.672. The predicted octanol–water partition coefficient (Wildman–Crippen LogP) is 3.84. The molecule has 1 saturated heterocycles. The van der Waals surface area contributed by atoms with Gasteiger partial charge in [-0.05, 0) is 48.6 Å². The van der Waals surface area contributed by atoms with Crippen LogP contribution in [-0.4, -0.2) is 61.6 Å². The second-order valence-electron chi connectivity index (χ2n) is 9.22. The molecular weight excluding hydrogens is 348 g/mol. The van der Waals surface area contributed by atoms with Crippen LogP contribution < -0.4 is 0 Å². The summed E-state index contributed by atoms with van der Waals surface area (Å²) in [6, 6.07) is 9.77. The van der Waals surface area contributed by atoms with Gasteiger partial charge in [-0.2, -0.15) is 0 Å². The number of hydrogen-bond acceptors (Lipinski definition) is 3. The number of amides is 1. The number of hydrogen-bond donors (Lipinski definition) is 0. The number of allylic oxidation sites excluding steroid dienone is 1. The van der Waals surface area contributed by atoms with Crippen LogP contribution in [-0.2, 0) is 4.74 Å². The Hall–Kier alpha value is -1.65. The first-order valence-corrected chi connectivity index (χ1v) is 10.9. The summed E-state index contributed by atoms with van der Waals surface area (Å²) in [5.74, 6) is 1.65. The fourth-order valence-electron chi connectivity index (χ4n) is 5.20. The first kappa shape index (κ1) is 19.7. The highest BCUT2D eigenvalue weighted by molar-refractivity contribution is 5.94. The zero-order valence-electron chi connectivity index (χ0n) is 17.4. The fraction of sp³-hybridized carbons (Fsp3) is 0.625. The molecule has 1 aliphatic heterocycles. The Balaban J connectivity index is 1.42. The van der Waals surface area contributed by atoms with Crippen molar-refractivity contribution >= 4 is 5.91 Å². The van der Waals surface area contributed by atoms with Crippen molar-refractivity contribution in [3.05, 3.63) is 47.5 Å². The van der Waals surface area contributed by atoms with Crippen molar-refractivity contribution in [1.29, 1.82) is 0 Å². The monoisotopic (exact) mass is 382 g/mol. The largest absolute Gasteiger partial charge is 0.379 e. The summed E-state index contributed by atoms with van der Waals surface area (Å²) in [5, 5.41) is 0. The molecule has 1 heterocycles. The van der Waals surface area contributed by atoms with Gasteiger partial charge in [0, 0.05) is 38.3 Å². The van der Waals surface area contributed by atoms with Crippen LogP contribution >= 0.6 is 0 Å². The molecule has 0 spiro atoms. The van der Waals surface area contributed by atoms with Crippen LogP contribution in [0.25, 0.3) is 0 Å². The molecule has 28 heavy (non-hydrogen) atoms. The molecule has 3 aliphatic carbocycles. The number of benzene rings is 1. The summed E-state index contributed by atoms with van der Waals surface area (Å²) >= 11 is 0. The molecule has 5 rings (SSSR count). The van der Waals surface area contributed by atoms with E-state index in [4.69, 9.17) is 4.74 Å². The van der Waals surface area contributed by atoms with Crippen LogP contribution in [0.15, 0.2) is 42.0 Å². The van der Waals surface area contributed by atoms with Crippen molar-refractivity contribution in [3.8, 4) is 0 Å². The van der Waals surface area contributed by atoms with Crippen molar-refractivity contribution in [1.82, 2.24) is 9.80 Å². The van der Waals surface area contributed by atoms with Gasteiger partial charge in [0.2, 0.25) is 0 Å². The Morgan fingerprint density at radius 1 is 1.21 bits per heavy atom. The Bertz CT molecular complexity index is 707. The number of carbonyl (C=O) groups excluding carboxylic acids is 1. The maximum atomic E-state index is 13.2. The molecular formula is C24H34N2O2. The SMILES string of the molecule is CC1(C)C2CC=C(CN(CCCN3CCOCC3)C(=O)c3ccccc3)C1C2. The highest BCUT2D eigenvalue weighted by Crippen LogP contribution is 2.59. The van der Waals surface area contributed by atoms with E-state index in [2.05, 4.69) is 29.7 Å². The highest BCUT2D eigenvalue weighted by atomic mass is 16.5. The van der Waals surface area contributed by atoms with E-state index in [-0.39, 0.29) is 5.91 Å². The van der Waals surface area contributed by atoms with Crippen LogP contribution in [0.4, 0.5) is 0 Å². The van der Waals surface area contributed by atoms with Gasteiger partial charge in [-0.1, -0.05) is 43.7 Å². The van der Waals surface area contributed by atoms with Crippen molar-refractivity contribution in [2.75, 3.05) is 45.9 Å². The highest BCUT2D eigenvalue weighted by Gasteiger charge is 2.51. The molecule has 2 unspecified atom stereocenters. The van der Waals surface area contributed by atoms with Gasteiger partial charge in [-0.15, -0.1) is 0 Å². The van der Waals surface area contributed by atoms with Crippen LogP contribution in [0.2, 0.25) is 0 Å². The fourth-order valence-corrected chi connectivity index (χ4v) is 5.20. The van der Waals surface area contributed by atoms with E-state index >= 15 is 0 Å². The molecule has 1 amide bonds. The molecule has 4 nitrogen and oxygen atoms in total. The molecule has 0 radical (unpaired) electrons. The second-order valence-corrected chi connectivity index (χ2v) is 9.22. The number of nitrogens with zero attached hydrogens (tertiary/aromatic N) is 2. The Morgan fingerprint density at radius 3 is 2.64 bits per heavy atom. The molecule has 2 fully saturated rings. The van der Waals surface area contributed by atoms with Crippen LogP contribution in [0.5, 0.6) is 0 Å². The smallest absolute Gasteiger partial charge is 0.254 e. The van der Waals surface area contributed by atoms with E-state index in [1.165, 1.54) is 18.4 Å².